The molecule has 3 nitrogen and oxygen atoms in total. The third-order valence-corrected chi connectivity index (χ3v) is 3.79. The Labute approximate surface area is 85.7 Å². The van der Waals surface area contributed by atoms with Crippen molar-refractivity contribution in [1.29, 1.82) is 0 Å². The lowest BCUT2D eigenvalue weighted by Crippen LogP contribution is -2.31. The van der Waals surface area contributed by atoms with E-state index in [-0.39, 0.29) is 6.42 Å². The zero-order valence-electron chi connectivity index (χ0n) is 7.88. The zero-order valence-corrected chi connectivity index (χ0v) is 8.69. The molecule has 0 fully saturated rings. The molecule has 0 amide bonds. The Hall–Kier alpha value is -0.820. The lowest BCUT2D eigenvalue weighted by atomic mass is 10.1. The molecule has 15 heavy (non-hydrogen) atoms. The summed E-state index contributed by atoms with van der Waals surface area (Å²) in [6.45, 7) is 0. The molecule has 0 heterocycles. The van der Waals surface area contributed by atoms with Crippen molar-refractivity contribution in [3.63, 3.8) is 0 Å². The van der Waals surface area contributed by atoms with Crippen LogP contribution in [0.15, 0.2) is 23.8 Å². The first-order valence-corrected chi connectivity index (χ1v) is 5.70. The van der Waals surface area contributed by atoms with Gasteiger partial charge in [0, 0.05) is 0 Å². The summed E-state index contributed by atoms with van der Waals surface area (Å²) < 4.78 is 61.0. The highest BCUT2D eigenvalue weighted by Gasteiger charge is 2.34. The minimum Gasteiger partial charge on any atom is -0.218 e. The summed E-state index contributed by atoms with van der Waals surface area (Å²) in [5.41, 5.74) is -0.801. The van der Waals surface area contributed by atoms with E-state index in [1.165, 1.54) is 7.05 Å². The normalized spacial score (nSPS) is 22.7. The van der Waals surface area contributed by atoms with Crippen molar-refractivity contribution in [3.8, 4) is 0 Å². The van der Waals surface area contributed by atoms with Gasteiger partial charge >= 0.3 is 6.18 Å². The Morgan fingerprint density at radius 1 is 1.47 bits per heavy atom. The van der Waals surface area contributed by atoms with E-state index in [1.807, 2.05) is 0 Å². The molecular weight excluding hydrogens is 231 g/mol. The first-order valence-electron chi connectivity index (χ1n) is 4.15. The molecule has 0 spiro atoms. The van der Waals surface area contributed by atoms with Gasteiger partial charge in [0.25, 0.3) is 0 Å². The number of nitrogens with one attached hydrogen (secondary N) is 1. The van der Waals surface area contributed by atoms with E-state index < -0.39 is 27.0 Å². The summed E-state index contributed by atoms with van der Waals surface area (Å²) in [6, 6.07) is 0. The second-order valence-electron chi connectivity index (χ2n) is 3.04. The molecule has 1 unspecified atom stereocenters. The molecule has 0 aliphatic heterocycles. The number of sulfonamides is 1. The highest BCUT2D eigenvalue weighted by Crippen LogP contribution is 2.30. The molecule has 1 aliphatic rings. The minimum atomic E-state index is -4.41. The van der Waals surface area contributed by atoms with Crippen molar-refractivity contribution < 1.29 is 21.6 Å². The van der Waals surface area contributed by atoms with Gasteiger partial charge in [-0.15, -0.1) is 0 Å². The van der Waals surface area contributed by atoms with E-state index >= 15 is 0 Å². The Bertz CT molecular complexity index is 395. The summed E-state index contributed by atoms with van der Waals surface area (Å²) in [5, 5.41) is -0.923. The van der Waals surface area contributed by atoms with Crippen LogP contribution in [-0.4, -0.2) is 26.9 Å². The summed E-state index contributed by atoms with van der Waals surface area (Å²) in [5.74, 6) is 0. The van der Waals surface area contributed by atoms with Crippen LogP contribution < -0.4 is 4.72 Å². The van der Waals surface area contributed by atoms with Crippen LogP contribution in [0.2, 0.25) is 0 Å². The van der Waals surface area contributed by atoms with E-state index in [4.69, 9.17) is 0 Å². The van der Waals surface area contributed by atoms with Crippen LogP contribution in [0.1, 0.15) is 6.42 Å². The van der Waals surface area contributed by atoms with Crippen LogP contribution in [0.3, 0.4) is 0 Å². The van der Waals surface area contributed by atoms with E-state index in [1.54, 1.807) is 0 Å². The zero-order chi connectivity index (χ0) is 11.7. The van der Waals surface area contributed by atoms with Gasteiger partial charge in [-0.1, -0.05) is 18.2 Å². The Balaban J connectivity index is 2.82. The van der Waals surface area contributed by atoms with Crippen LogP contribution in [-0.2, 0) is 10.0 Å². The van der Waals surface area contributed by atoms with Crippen molar-refractivity contribution >= 4 is 10.0 Å². The summed E-state index contributed by atoms with van der Waals surface area (Å²) in [7, 11) is -2.31. The van der Waals surface area contributed by atoms with Crippen LogP contribution in [0.25, 0.3) is 0 Å². The molecule has 0 saturated carbocycles. The second kappa shape index (κ2) is 3.97. The maximum absolute atomic E-state index is 12.2. The SMILES string of the molecule is CNS(=O)(=O)C1C=CC(C(F)(F)F)=CC1. The Morgan fingerprint density at radius 3 is 2.40 bits per heavy atom. The lowest BCUT2D eigenvalue weighted by molar-refractivity contribution is -0.0886. The Kier molecular flexibility index (Phi) is 3.25. The van der Waals surface area contributed by atoms with Crippen molar-refractivity contribution in [3.05, 3.63) is 23.8 Å². The van der Waals surface area contributed by atoms with Crippen LogP contribution in [0.4, 0.5) is 13.2 Å². The molecule has 0 bridgehead atoms. The maximum atomic E-state index is 12.2. The highest BCUT2D eigenvalue weighted by atomic mass is 32.2. The standard InChI is InChI=1S/C8H10F3NO2S/c1-12-15(13,14)7-4-2-6(3-5-7)8(9,10)11/h2-4,7,12H,5H2,1H3. The molecule has 1 aliphatic carbocycles. The molecule has 1 N–H and O–H groups in total. The quantitative estimate of drug-likeness (QED) is 0.793. The van der Waals surface area contributed by atoms with E-state index in [9.17, 15) is 21.6 Å². The van der Waals surface area contributed by atoms with Crippen molar-refractivity contribution in [2.24, 2.45) is 0 Å². The number of allylic oxidation sites excluding steroid dienone is 3. The number of alkyl halides is 3. The average Bonchev–Trinajstić information content (AvgIpc) is 2.17. The monoisotopic (exact) mass is 241 g/mol. The third-order valence-electron chi connectivity index (χ3n) is 2.07. The van der Waals surface area contributed by atoms with E-state index in [0.717, 1.165) is 18.2 Å². The fourth-order valence-electron chi connectivity index (χ4n) is 1.19. The van der Waals surface area contributed by atoms with Gasteiger partial charge in [-0.3, -0.25) is 0 Å². The Morgan fingerprint density at radius 2 is 2.07 bits per heavy atom. The van der Waals surface area contributed by atoms with E-state index in [0.29, 0.717) is 0 Å². The molecule has 0 aromatic carbocycles. The lowest BCUT2D eigenvalue weighted by Gasteiger charge is -2.17. The van der Waals surface area contributed by atoms with Crippen molar-refractivity contribution in [2.45, 2.75) is 17.8 Å². The topological polar surface area (TPSA) is 46.2 Å². The largest absolute Gasteiger partial charge is 0.416 e. The highest BCUT2D eigenvalue weighted by molar-refractivity contribution is 7.90. The number of hydrogen-bond acceptors (Lipinski definition) is 2. The molecule has 1 atom stereocenters. The molecule has 0 radical (unpaired) electrons. The van der Waals surface area contributed by atoms with Gasteiger partial charge < -0.3 is 0 Å². The van der Waals surface area contributed by atoms with Crippen LogP contribution in [0, 0.1) is 0 Å². The fourth-order valence-corrected chi connectivity index (χ4v) is 2.13. The third kappa shape index (κ3) is 2.82. The first-order chi connectivity index (χ1) is 6.77. The van der Waals surface area contributed by atoms with E-state index in [2.05, 4.69) is 4.72 Å². The van der Waals surface area contributed by atoms with Crippen LogP contribution in [0.5, 0.6) is 0 Å². The first kappa shape index (κ1) is 12.3. The van der Waals surface area contributed by atoms with Gasteiger partial charge in [-0.2, -0.15) is 13.2 Å². The van der Waals surface area contributed by atoms with Crippen LogP contribution >= 0.6 is 0 Å². The van der Waals surface area contributed by atoms with Gasteiger partial charge in [0.2, 0.25) is 10.0 Å². The molecule has 0 aromatic rings. The summed E-state index contributed by atoms with van der Waals surface area (Å²) in [6.07, 6.45) is -1.84. The summed E-state index contributed by atoms with van der Waals surface area (Å²) >= 11 is 0. The molecule has 1 rings (SSSR count). The predicted octanol–water partition coefficient (Wildman–Crippen LogP) is 1.35. The van der Waals surface area contributed by atoms with Crippen molar-refractivity contribution in [2.75, 3.05) is 7.05 Å². The van der Waals surface area contributed by atoms with Gasteiger partial charge in [0.05, 0.1) is 10.8 Å². The second-order valence-corrected chi connectivity index (χ2v) is 5.14. The summed E-state index contributed by atoms with van der Waals surface area (Å²) in [4.78, 5) is 0. The number of hydrogen-bond donors (Lipinski definition) is 1. The minimum absolute atomic E-state index is 0.158. The average molecular weight is 241 g/mol. The maximum Gasteiger partial charge on any atom is 0.416 e. The predicted molar refractivity (Wildman–Crippen MR) is 49.7 cm³/mol. The van der Waals surface area contributed by atoms with Gasteiger partial charge in [-0.25, -0.2) is 13.1 Å². The van der Waals surface area contributed by atoms with Gasteiger partial charge in [-0.05, 0) is 13.5 Å². The molecule has 86 valence electrons. The number of halogens is 3. The smallest absolute Gasteiger partial charge is 0.218 e. The molecule has 0 aromatic heterocycles. The van der Waals surface area contributed by atoms with Crippen molar-refractivity contribution in [1.82, 2.24) is 4.72 Å². The molecular formula is C8H10F3NO2S. The van der Waals surface area contributed by atoms with Gasteiger partial charge in [0.15, 0.2) is 0 Å². The molecule has 7 heteroatoms. The molecule has 0 saturated heterocycles. The fraction of sp³-hybridized carbons (Fsp3) is 0.500. The number of rotatable bonds is 2. The van der Waals surface area contributed by atoms with Gasteiger partial charge in [0.1, 0.15) is 0 Å².